The third-order valence-electron chi connectivity index (χ3n) is 3.70. The smallest absolute Gasteiger partial charge is 0.264 e. The number of hydrogen-bond donors (Lipinski definition) is 1. The number of aromatic nitrogens is 1. The molecule has 0 unspecified atom stereocenters. The molecule has 3 rings (SSSR count). The number of anilines is 1. The Morgan fingerprint density at radius 3 is 3.09 bits per heavy atom. The van der Waals surface area contributed by atoms with Gasteiger partial charge in [-0.05, 0) is 25.5 Å². The second kappa shape index (κ2) is 6.78. The molecule has 2 heterocycles. The molecule has 0 radical (unpaired) electrons. The molecule has 2 aromatic rings. The van der Waals surface area contributed by atoms with Crippen molar-refractivity contribution in [2.45, 2.75) is 13.3 Å². The topological polar surface area (TPSA) is 71.5 Å². The van der Waals surface area contributed by atoms with Crippen LogP contribution in [0.3, 0.4) is 0 Å². The lowest BCUT2D eigenvalue weighted by Crippen LogP contribution is -2.37. The van der Waals surface area contributed by atoms with Crippen LogP contribution in [-0.4, -0.2) is 41.4 Å². The van der Waals surface area contributed by atoms with Gasteiger partial charge in [-0.1, -0.05) is 6.07 Å². The van der Waals surface area contributed by atoms with E-state index in [1.807, 2.05) is 13.0 Å². The number of carbonyl (C=O) groups excluding carboxylic acids is 2. The van der Waals surface area contributed by atoms with Crippen LogP contribution in [0.4, 0.5) is 5.13 Å². The van der Waals surface area contributed by atoms with Crippen molar-refractivity contribution in [3.63, 3.8) is 0 Å². The van der Waals surface area contributed by atoms with Gasteiger partial charge in [0.2, 0.25) is 0 Å². The van der Waals surface area contributed by atoms with Crippen LogP contribution in [0.25, 0.3) is 0 Å². The molecule has 0 saturated carbocycles. The zero-order valence-electron chi connectivity index (χ0n) is 12.7. The minimum absolute atomic E-state index is 0.0198. The fourth-order valence-electron chi connectivity index (χ4n) is 2.56. The molecular formula is C16H17N3O3S. The number of fused-ring (bicyclic) bond motifs is 1. The molecule has 0 bridgehead atoms. The van der Waals surface area contributed by atoms with Crippen LogP contribution in [0.2, 0.25) is 0 Å². The minimum Gasteiger partial charge on any atom is -0.483 e. The normalized spacial score (nSPS) is 13.6. The van der Waals surface area contributed by atoms with E-state index in [2.05, 4.69) is 10.3 Å². The summed E-state index contributed by atoms with van der Waals surface area (Å²) in [5, 5.41) is 5.00. The fourth-order valence-corrected chi connectivity index (χ4v) is 3.11. The number of thiazole rings is 1. The van der Waals surface area contributed by atoms with Gasteiger partial charge in [0.1, 0.15) is 5.75 Å². The summed E-state index contributed by atoms with van der Waals surface area (Å²) in [6.07, 6.45) is 2.36. The number of nitrogens with zero attached hydrogens (tertiary/aromatic N) is 2. The molecule has 2 amide bonds. The second-order valence-corrected chi connectivity index (χ2v) is 5.99. The molecule has 0 aliphatic carbocycles. The monoisotopic (exact) mass is 331 g/mol. The van der Waals surface area contributed by atoms with Gasteiger partial charge >= 0.3 is 0 Å². The third kappa shape index (κ3) is 3.34. The summed E-state index contributed by atoms with van der Waals surface area (Å²) in [6.45, 7) is 3.22. The van der Waals surface area contributed by atoms with Crippen molar-refractivity contribution in [2.24, 2.45) is 0 Å². The van der Waals surface area contributed by atoms with Crippen LogP contribution in [0, 0.1) is 0 Å². The highest BCUT2D eigenvalue weighted by molar-refractivity contribution is 7.13. The molecule has 1 aliphatic heterocycles. The predicted octanol–water partition coefficient (Wildman–Crippen LogP) is 2.18. The SMILES string of the molecule is CCN1CCc2c(OCC(=O)Nc3nccs3)cccc2C1=O. The summed E-state index contributed by atoms with van der Waals surface area (Å²) in [6, 6.07) is 5.39. The van der Waals surface area contributed by atoms with Crippen LogP contribution in [0.1, 0.15) is 22.8 Å². The first-order chi connectivity index (χ1) is 11.2. The molecular weight excluding hydrogens is 314 g/mol. The summed E-state index contributed by atoms with van der Waals surface area (Å²) >= 11 is 1.35. The minimum atomic E-state index is -0.269. The number of rotatable bonds is 5. The summed E-state index contributed by atoms with van der Waals surface area (Å²) in [7, 11) is 0. The standard InChI is InChI=1S/C16H17N3O3S/c1-2-19-8-6-11-12(15(19)21)4-3-5-13(11)22-10-14(20)18-16-17-7-9-23-16/h3-5,7,9H,2,6,8,10H2,1H3,(H,17,18,20). The number of hydrogen-bond acceptors (Lipinski definition) is 5. The van der Waals surface area contributed by atoms with Crippen molar-refractivity contribution < 1.29 is 14.3 Å². The lowest BCUT2D eigenvalue weighted by Gasteiger charge is -2.28. The average Bonchev–Trinajstić information content (AvgIpc) is 3.06. The van der Waals surface area contributed by atoms with Crippen molar-refractivity contribution in [2.75, 3.05) is 25.0 Å². The number of carbonyl (C=O) groups is 2. The Labute approximate surface area is 138 Å². The van der Waals surface area contributed by atoms with Gasteiger partial charge in [0.25, 0.3) is 11.8 Å². The largest absolute Gasteiger partial charge is 0.483 e. The van der Waals surface area contributed by atoms with Gasteiger partial charge in [0, 0.05) is 35.8 Å². The van der Waals surface area contributed by atoms with Gasteiger partial charge in [0.15, 0.2) is 11.7 Å². The highest BCUT2D eigenvalue weighted by atomic mass is 32.1. The maximum atomic E-state index is 12.3. The van der Waals surface area contributed by atoms with E-state index in [9.17, 15) is 9.59 Å². The van der Waals surface area contributed by atoms with Crippen LogP contribution < -0.4 is 10.1 Å². The van der Waals surface area contributed by atoms with E-state index in [4.69, 9.17) is 4.74 Å². The van der Waals surface area contributed by atoms with Crippen molar-refractivity contribution in [3.05, 3.63) is 40.9 Å². The van der Waals surface area contributed by atoms with Gasteiger partial charge in [-0.25, -0.2) is 4.98 Å². The first-order valence-corrected chi connectivity index (χ1v) is 8.30. The first kappa shape index (κ1) is 15.5. The van der Waals surface area contributed by atoms with Crippen LogP contribution in [0.15, 0.2) is 29.8 Å². The molecule has 1 aliphatic rings. The van der Waals surface area contributed by atoms with E-state index >= 15 is 0 Å². The van der Waals surface area contributed by atoms with Gasteiger partial charge in [-0.3, -0.25) is 14.9 Å². The van der Waals surface area contributed by atoms with E-state index in [0.29, 0.717) is 29.5 Å². The fraction of sp³-hybridized carbons (Fsp3) is 0.312. The summed E-state index contributed by atoms with van der Waals surface area (Å²) in [5.41, 5.74) is 1.54. The molecule has 1 aromatic heterocycles. The Hall–Kier alpha value is -2.41. The Bertz CT molecular complexity index is 715. The Balaban J connectivity index is 1.68. The average molecular weight is 331 g/mol. The highest BCUT2D eigenvalue weighted by Crippen LogP contribution is 2.28. The number of benzene rings is 1. The molecule has 7 heteroatoms. The van der Waals surface area contributed by atoms with E-state index in [0.717, 1.165) is 12.0 Å². The van der Waals surface area contributed by atoms with Crippen molar-refractivity contribution in [1.29, 1.82) is 0 Å². The zero-order chi connectivity index (χ0) is 16.2. The zero-order valence-corrected chi connectivity index (χ0v) is 13.6. The van der Waals surface area contributed by atoms with Gasteiger partial charge in [0.05, 0.1) is 0 Å². The maximum Gasteiger partial charge on any atom is 0.264 e. The van der Waals surface area contributed by atoms with E-state index in [1.54, 1.807) is 28.6 Å². The summed E-state index contributed by atoms with van der Waals surface area (Å²) < 4.78 is 5.63. The van der Waals surface area contributed by atoms with Gasteiger partial charge < -0.3 is 9.64 Å². The van der Waals surface area contributed by atoms with Crippen molar-refractivity contribution in [3.8, 4) is 5.75 Å². The van der Waals surface area contributed by atoms with Crippen LogP contribution in [-0.2, 0) is 11.2 Å². The molecule has 0 spiro atoms. The molecule has 23 heavy (non-hydrogen) atoms. The van der Waals surface area contributed by atoms with Crippen molar-refractivity contribution in [1.82, 2.24) is 9.88 Å². The Kier molecular flexibility index (Phi) is 4.57. The summed E-state index contributed by atoms with van der Waals surface area (Å²) in [4.78, 5) is 30.0. The molecule has 0 saturated heterocycles. The maximum absolute atomic E-state index is 12.3. The lowest BCUT2D eigenvalue weighted by atomic mass is 9.98. The van der Waals surface area contributed by atoms with Gasteiger partial charge in [-0.2, -0.15) is 0 Å². The molecule has 0 fully saturated rings. The number of ether oxygens (including phenoxy) is 1. The first-order valence-electron chi connectivity index (χ1n) is 7.42. The van der Waals surface area contributed by atoms with Crippen LogP contribution in [0.5, 0.6) is 5.75 Å². The summed E-state index contributed by atoms with van der Waals surface area (Å²) in [5.74, 6) is 0.349. The number of amides is 2. The van der Waals surface area contributed by atoms with Gasteiger partial charge in [-0.15, -0.1) is 11.3 Å². The van der Waals surface area contributed by atoms with E-state index in [1.165, 1.54) is 11.3 Å². The lowest BCUT2D eigenvalue weighted by molar-refractivity contribution is -0.118. The van der Waals surface area contributed by atoms with Crippen molar-refractivity contribution >= 4 is 28.3 Å². The number of likely N-dealkylation sites (N-methyl/N-ethyl adjacent to an activating group) is 1. The molecule has 1 N–H and O–H groups in total. The Morgan fingerprint density at radius 1 is 1.48 bits per heavy atom. The predicted molar refractivity (Wildman–Crippen MR) is 88.0 cm³/mol. The second-order valence-electron chi connectivity index (χ2n) is 5.09. The number of nitrogens with one attached hydrogen (secondary N) is 1. The molecule has 6 nitrogen and oxygen atoms in total. The quantitative estimate of drug-likeness (QED) is 0.911. The molecule has 1 aromatic carbocycles. The Morgan fingerprint density at radius 2 is 2.35 bits per heavy atom. The molecule has 0 atom stereocenters. The highest BCUT2D eigenvalue weighted by Gasteiger charge is 2.25. The van der Waals surface area contributed by atoms with E-state index < -0.39 is 0 Å². The van der Waals surface area contributed by atoms with Crippen LogP contribution >= 0.6 is 11.3 Å². The third-order valence-corrected chi connectivity index (χ3v) is 4.39. The molecule has 120 valence electrons. The van der Waals surface area contributed by atoms with E-state index in [-0.39, 0.29) is 18.4 Å².